The van der Waals surface area contributed by atoms with Crippen LogP contribution in [-0.2, 0) is 5.41 Å². The molecule has 1 aromatic heterocycles. The number of para-hydroxylation sites is 1. The molecule has 330 valence electrons. The van der Waals surface area contributed by atoms with Crippen molar-refractivity contribution in [2.75, 3.05) is 4.90 Å². The second kappa shape index (κ2) is 15.1. The van der Waals surface area contributed by atoms with Gasteiger partial charge >= 0.3 is 0 Å². The van der Waals surface area contributed by atoms with Crippen LogP contribution in [0.4, 0.5) is 17.1 Å². The van der Waals surface area contributed by atoms with E-state index in [1.807, 2.05) is 0 Å². The van der Waals surface area contributed by atoms with E-state index in [0.717, 1.165) is 28.3 Å². The fourth-order valence-corrected chi connectivity index (χ4v) is 12.6. The zero-order valence-electron chi connectivity index (χ0n) is 38.9. The molecular weight excluding hydrogens is 857 g/mol. The maximum Gasteiger partial charge on any atom is 0.0726 e. The number of rotatable bonds is 6. The van der Waals surface area contributed by atoms with Gasteiger partial charge in [-0.05, 0) is 161 Å². The summed E-state index contributed by atoms with van der Waals surface area (Å²) in [6.45, 7) is 4.64. The molecular formula is C69H44N2. The molecule has 2 heteroatoms. The van der Waals surface area contributed by atoms with Gasteiger partial charge in [0.2, 0.25) is 0 Å². The lowest BCUT2D eigenvalue weighted by Crippen LogP contribution is -2.26. The highest BCUT2D eigenvalue weighted by atomic mass is 15.1. The lowest BCUT2D eigenvalue weighted by atomic mass is 9.70. The van der Waals surface area contributed by atoms with Crippen molar-refractivity contribution in [3.05, 3.63) is 295 Å². The molecule has 0 radical (unpaired) electrons. The quantitative estimate of drug-likeness (QED) is 0.161. The molecule has 11 aromatic carbocycles. The number of hydrogen-bond acceptors (Lipinski definition) is 1. The lowest BCUT2D eigenvalue weighted by molar-refractivity contribution is 0.793. The van der Waals surface area contributed by atoms with Crippen LogP contribution in [0.1, 0.15) is 33.4 Å². The van der Waals surface area contributed by atoms with Crippen LogP contribution in [0, 0.1) is 0 Å². The second-order valence-corrected chi connectivity index (χ2v) is 19.3. The summed E-state index contributed by atoms with van der Waals surface area (Å²) in [7, 11) is 0. The molecule has 1 spiro atoms. The van der Waals surface area contributed by atoms with Crippen molar-refractivity contribution in [3.8, 4) is 61.3 Å². The van der Waals surface area contributed by atoms with E-state index in [1.165, 1.54) is 111 Å². The van der Waals surface area contributed by atoms with E-state index in [-0.39, 0.29) is 0 Å². The Morgan fingerprint density at radius 3 is 1.45 bits per heavy atom. The minimum absolute atomic E-state index is 0.452. The highest BCUT2D eigenvalue weighted by Gasteiger charge is 2.51. The van der Waals surface area contributed by atoms with Gasteiger partial charge in [0, 0.05) is 33.5 Å². The third-order valence-corrected chi connectivity index (χ3v) is 15.7. The summed E-state index contributed by atoms with van der Waals surface area (Å²) in [6, 6.07) is 94.4. The van der Waals surface area contributed by atoms with Gasteiger partial charge in [0.25, 0.3) is 0 Å². The smallest absolute Gasteiger partial charge is 0.0726 e. The first-order valence-electron chi connectivity index (χ1n) is 24.6. The van der Waals surface area contributed by atoms with Crippen molar-refractivity contribution in [1.82, 2.24) is 4.57 Å². The number of anilines is 3. The Labute approximate surface area is 413 Å². The number of fused-ring (bicyclic) bond motifs is 16. The van der Waals surface area contributed by atoms with E-state index in [2.05, 4.69) is 271 Å². The summed E-state index contributed by atoms with van der Waals surface area (Å²) < 4.78 is 2.40. The minimum Gasteiger partial charge on any atom is -0.310 e. The third-order valence-electron chi connectivity index (χ3n) is 15.7. The summed E-state index contributed by atoms with van der Waals surface area (Å²) in [5.74, 6) is 0. The number of aromatic nitrogens is 1. The van der Waals surface area contributed by atoms with Crippen LogP contribution in [0.25, 0.3) is 88.7 Å². The van der Waals surface area contributed by atoms with Gasteiger partial charge in [0.05, 0.1) is 16.4 Å². The maximum atomic E-state index is 4.64. The number of nitrogens with zero attached hydrogens (tertiary/aromatic N) is 2. The molecule has 0 bridgehead atoms. The zero-order chi connectivity index (χ0) is 46.8. The van der Waals surface area contributed by atoms with Gasteiger partial charge in [-0.25, -0.2) is 0 Å². The average molecular weight is 901 g/mol. The van der Waals surface area contributed by atoms with E-state index in [9.17, 15) is 0 Å². The predicted molar refractivity (Wildman–Crippen MR) is 296 cm³/mol. The molecule has 3 aliphatic rings. The summed E-state index contributed by atoms with van der Waals surface area (Å²) in [5.41, 5.74) is 27.6. The van der Waals surface area contributed by atoms with Gasteiger partial charge < -0.3 is 9.47 Å². The first-order chi connectivity index (χ1) is 35.1. The standard InChI is InChI=1S/C69H44N2/c1-44-53-17-5-6-18-54(53)55-38-36-51(42-61(44)55)70(52-37-39-59-58-21-9-13-25-65(58)69(66(59)43-52)63-23-11-7-19-56(63)57-20-8-12-24-64(57)69)49-32-29-47(30-33-49)48-31-40-68-62(41-48)60-22-10-14-26-67(60)71(68)50-34-27-46(28-35-50)45-15-3-2-4-16-45/h2-43H,1H2. The normalized spacial score (nSPS) is 13.2. The van der Waals surface area contributed by atoms with E-state index >= 15 is 0 Å². The van der Waals surface area contributed by atoms with Gasteiger partial charge in [-0.3, -0.25) is 0 Å². The predicted octanol–water partition coefficient (Wildman–Crippen LogP) is 18.0. The molecule has 0 unspecified atom stereocenters. The third kappa shape index (κ3) is 5.65. The Kier molecular flexibility index (Phi) is 8.46. The molecule has 0 saturated carbocycles. The summed E-state index contributed by atoms with van der Waals surface area (Å²) in [4.78, 5) is 2.45. The van der Waals surface area contributed by atoms with E-state index < -0.39 is 5.41 Å². The average Bonchev–Trinajstić information content (AvgIpc) is 4.13. The molecule has 1 heterocycles. The summed E-state index contributed by atoms with van der Waals surface area (Å²) >= 11 is 0. The zero-order valence-corrected chi connectivity index (χ0v) is 38.9. The van der Waals surface area contributed by atoms with E-state index in [4.69, 9.17) is 0 Å². The minimum atomic E-state index is -0.452. The van der Waals surface area contributed by atoms with Gasteiger partial charge in [0.15, 0.2) is 0 Å². The van der Waals surface area contributed by atoms with Gasteiger partial charge in [-0.1, -0.05) is 195 Å². The Balaban J connectivity index is 0.873. The van der Waals surface area contributed by atoms with Crippen molar-refractivity contribution in [3.63, 3.8) is 0 Å². The Bertz CT molecular complexity index is 4110. The summed E-state index contributed by atoms with van der Waals surface area (Å²) in [5, 5.41) is 2.47. The van der Waals surface area contributed by atoms with Gasteiger partial charge in [-0.15, -0.1) is 0 Å². The molecule has 71 heavy (non-hydrogen) atoms. The van der Waals surface area contributed by atoms with Crippen molar-refractivity contribution >= 4 is 44.4 Å². The number of hydrogen-bond donors (Lipinski definition) is 0. The molecule has 2 nitrogen and oxygen atoms in total. The Hall–Kier alpha value is -9.24. The molecule has 12 aromatic rings. The molecule has 0 fully saturated rings. The van der Waals surface area contributed by atoms with Crippen LogP contribution in [-0.4, -0.2) is 4.57 Å². The van der Waals surface area contributed by atoms with Crippen molar-refractivity contribution < 1.29 is 0 Å². The van der Waals surface area contributed by atoms with Crippen LogP contribution < -0.4 is 4.90 Å². The van der Waals surface area contributed by atoms with Crippen molar-refractivity contribution in [2.24, 2.45) is 0 Å². The van der Waals surface area contributed by atoms with Crippen LogP contribution in [0.2, 0.25) is 0 Å². The molecule has 0 aliphatic heterocycles. The first-order valence-corrected chi connectivity index (χ1v) is 24.6. The molecule has 0 atom stereocenters. The molecule has 0 saturated heterocycles. The van der Waals surface area contributed by atoms with Crippen LogP contribution in [0.5, 0.6) is 0 Å². The molecule has 3 aliphatic carbocycles. The van der Waals surface area contributed by atoms with Crippen LogP contribution in [0.15, 0.2) is 261 Å². The Morgan fingerprint density at radius 2 is 0.761 bits per heavy atom. The summed E-state index contributed by atoms with van der Waals surface area (Å²) in [6.07, 6.45) is 0. The Morgan fingerprint density at radius 1 is 0.296 bits per heavy atom. The first kappa shape index (κ1) is 39.7. The number of benzene rings is 11. The fraction of sp³-hybridized carbons (Fsp3) is 0.0145. The van der Waals surface area contributed by atoms with Gasteiger partial charge in [-0.2, -0.15) is 0 Å². The molecule has 15 rings (SSSR count). The highest BCUT2D eigenvalue weighted by molar-refractivity contribution is 6.11. The highest BCUT2D eigenvalue weighted by Crippen LogP contribution is 2.63. The van der Waals surface area contributed by atoms with Crippen molar-refractivity contribution in [1.29, 1.82) is 0 Å². The lowest BCUT2D eigenvalue weighted by Gasteiger charge is -2.32. The monoisotopic (exact) mass is 900 g/mol. The maximum absolute atomic E-state index is 4.64. The topological polar surface area (TPSA) is 8.17 Å². The van der Waals surface area contributed by atoms with Gasteiger partial charge in [0.1, 0.15) is 0 Å². The van der Waals surface area contributed by atoms with E-state index in [1.54, 1.807) is 0 Å². The SMILES string of the molecule is C=C1c2ccccc2-c2ccc(N(c3ccc(-c4ccc5c(c4)c4ccccc4n5-c4ccc(-c5ccccc5)cc4)cc3)c3ccc4c(c3)C3(c5ccccc5-c5ccccc53)c3ccccc3-4)cc21. The fourth-order valence-electron chi connectivity index (χ4n) is 12.6. The van der Waals surface area contributed by atoms with Crippen LogP contribution >= 0.6 is 0 Å². The largest absolute Gasteiger partial charge is 0.310 e. The van der Waals surface area contributed by atoms with Crippen LogP contribution in [0.3, 0.4) is 0 Å². The van der Waals surface area contributed by atoms with E-state index in [0.29, 0.717) is 0 Å². The van der Waals surface area contributed by atoms with Crippen molar-refractivity contribution in [2.45, 2.75) is 5.41 Å². The second-order valence-electron chi connectivity index (χ2n) is 19.3. The molecule has 0 amide bonds. The molecule has 0 N–H and O–H groups in total.